The van der Waals surface area contributed by atoms with E-state index in [-0.39, 0.29) is 10.2 Å². The van der Waals surface area contributed by atoms with Gasteiger partial charge in [-0.3, -0.25) is 10.1 Å². The van der Waals surface area contributed by atoms with Crippen molar-refractivity contribution in [2.75, 3.05) is 0 Å². The number of thiazole rings is 1. The van der Waals surface area contributed by atoms with E-state index in [1.807, 2.05) is 0 Å². The van der Waals surface area contributed by atoms with Gasteiger partial charge >= 0.3 is 10.7 Å². The Labute approximate surface area is 129 Å². The second-order valence-electron chi connectivity index (χ2n) is 3.95. The molecule has 0 atom stereocenters. The number of aromatic amines is 1. The second kappa shape index (κ2) is 5.69. The summed E-state index contributed by atoms with van der Waals surface area (Å²) in [5, 5.41) is 16.9. The van der Waals surface area contributed by atoms with E-state index < -0.39 is 16.4 Å². The number of rotatable bonds is 4. The summed E-state index contributed by atoms with van der Waals surface area (Å²) in [5.41, 5.74) is -0.0751. The lowest BCUT2D eigenvalue weighted by Gasteiger charge is -2.03. The normalized spacial score (nSPS) is 10.8. The van der Waals surface area contributed by atoms with Gasteiger partial charge in [-0.1, -0.05) is 0 Å². The van der Waals surface area contributed by atoms with E-state index >= 15 is 0 Å². The number of hydrogen-bond donors (Lipinski definition) is 1. The molecule has 1 aromatic carbocycles. The quantitative estimate of drug-likeness (QED) is 0.577. The van der Waals surface area contributed by atoms with Crippen molar-refractivity contribution in [1.82, 2.24) is 19.7 Å². The molecule has 0 fully saturated rings. The van der Waals surface area contributed by atoms with Gasteiger partial charge in [-0.15, -0.1) is 5.10 Å². The highest BCUT2D eigenvalue weighted by Gasteiger charge is 2.17. The van der Waals surface area contributed by atoms with E-state index in [0.29, 0.717) is 10.0 Å². The molecule has 3 aromatic rings. The van der Waals surface area contributed by atoms with Crippen LogP contribution in [0, 0.1) is 15.9 Å². The average Bonchev–Trinajstić information content (AvgIpc) is 3.08. The Kier molecular flexibility index (Phi) is 3.73. The lowest BCUT2D eigenvalue weighted by Crippen LogP contribution is -2.15. The van der Waals surface area contributed by atoms with E-state index in [9.17, 15) is 19.3 Å². The summed E-state index contributed by atoms with van der Waals surface area (Å²) in [6, 6.07) is 5.30. The van der Waals surface area contributed by atoms with E-state index in [0.717, 1.165) is 29.3 Å². The summed E-state index contributed by atoms with van der Waals surface area (Å²) in [5.74, 6) is -0.426. The molecular formula is C11H6FN5O3S2. The van der Waals surface area contributed by atoms with Gasteiger partial charge in [0.2, 0.25) is 5.16 Å². The summed E-state index contributed by atoms with van der Waals surface area (Å²) in [6.07, 6.45) is 1.14. The Morgan fingerprint density at radius 1 is 1.36 bits per heavy atom. The zero-order valence-electron chi connectivity index (χ0n) is 10.6. The molecular weight excluding hydrogens is 333 g/mol. The van der Waals surface area contributed by atoms with Gasteiger partial charge in [0.1, 0.15) is 12.0 Å². The van der Waals surface area contributed by atoms with Crippen molar-refractivity contribution in [2.24, 2.45) is 0 Å². The average molecular weight is 339 g/mol. The maximum absolute atomic E-state index is 13.0. The van der Waals surface area contributed by atoms with Gasteiger partial charge in [0.25, 0.3) is 0 Å². The molecule has 2 heterocycles. The minimum Gasteiger partial charge on any atom is -0.257 e. The van der Waals surface area contributed by atoms with Gasteiger partial charge < -0.3 is 0 Å². The largest absolute Gasteiger partial charge is 0.348 e. The Balaban J connectivity index is 1.96. The molecule has 0 spiro atoms. The van der Waals surface area contributed by atoms with Crippen LogP contribution in [0.4, 0.5) is 9.39 Å². The molecule has 2 aromatic heterocycles. The Hall–Kier alpha value is -2.53. The van der Waals surface area contributed by atoms with E-state index in [2.05, 4.69) is 15.2 Å². The monoisotopic (exact) mass is 339 g/mol. The molecule has 0 radical (unpaired) electrons. The third-order valence-electron chi connectivity index (χ3n) is 2.56. The third kappa shape index (κ3) is 2.76. The number of hydrogen-bond acceptors (Lipinski definition) is 7. The Morgan fingerprint density at radius 2 is 2.09 bits per heavy atom. The van der Waals surface area contributed by atoms with Gasteiger partial charge in [0, 0.05) is 0 Å². The van der Waals surface area contributed by atoms with Crippen molar-refractivity contribution in [3.63, 3.8) is 0 Å². The van der Waals surface area contributed by atoms with E-state index in [1.54, 1.807) is 0 Å². The smallest absolute Gasteiger partial charge is 0.257 e. The van der Waals surface area contributed by atoms with Gasteiger partial charge in [0.15, 0.2) is 4.34 Å². The first-order valence-electron chi connectivity index (χ1n) is 5.76. The van der Waals surface area contributed by atoms with Gasteiger partial charge in [-0.05, 0) is 47.4 Å². The maximum atomic E-state index is 13.0. The van der Waals surface area contributed by atoms with Crippen molar-refractivity contribution in [1.29, 1.82) is 0 Å². The predicted molar refractivity (Wildman–Crippen MR) is 77.0 cm³/mol. The zero-order chi connectivity index (χ0) is 15.7. The molecule has 0 bridgehead atoms. The zero-order valence-corrected chi connectivity index (χ0v) is 12.2. The number of H-pyrrole nitrogens is 1. The van der Waals surface area contributed by atoms with E-state index in [1.165, 1.54) is 28.8 Å². The molecule has 3 rings (SSSR count). The molecule has 0 aliphatic carbocycles. The Morgan fingerprint density at radius 3 is 2.73 bits per heavy atom. The molecule has 0 aliphatic heterocycles. The van der Waals surface area contributed by atoms with Crippen LogP contribution in [0.1, 0.15) is 0 Å². The summed E-state index contributed by atoms with van der Waals surface area (Å²) in [6.45, 7) is 0. The second-order valence-corrected chi connectivity index (χ2v) is 6.17. The van der Waals surface area contributed by atoms with Crippen LogP contribution in [-0.2, 0) is 0 Å². The topological polar surface area (TPSA) is 107 Å². The highest BCUT2D eigenvalue weighted by atomic mass is 32.2. The summed E-state index contributed by atoms with van der Waals surface area (Å²) in [7, 11) is 0. The molecule has 0 unspecified atom stereocenters. The summed E-state index contributed by atoms with van der Waals surface area (Å²) >= 11 is 1.88. The fourth-order valence-electron chi connectivity index (χ4n) is 1.63. The number of benzene rings is 1. The van der Waals surface area contributed by atoms with E-state index in [4.69, 9.17) is 0 Å². The molecule has 0 amide bonds. The maximum Gasteiger partial charge on any atom is 0.348 e. The number of nitrogens with one attached hydrogen (secondary N) is 1. The van der Waals surface area contributed by atoms with Crippen LogP contribution in [0.5, 0.6) is 0 Å². The number of halogens is 1. The Bertz CT molecular complexity index is 886. The van der Waals surface area contributed by atoms with Crippen LogP contribution in [0.2, 0.25) is 0 Å². The molecule has 22 heavy (non-hydrogen) atoms. The van der Waals surface area contributed by atoms with Crippen molar-refractivity contribution in [3.05, 3.63) is 56.9 Å². The van der Waals surface area contributed by atoms with Crippen LogP contribution < -0.4 is 5.69 Å². The molecule has 1 N–H and O–H groups in total. The van der Waals surface area contributed by atoms with Crippen molar-refractivity contribution in [2.45, 2.75) is 9.50 Å². The van der Waals surface area contributed by atoms with Gasteiger partial charge in [0.05, 0.1) is 10.6 Å². The highest BCUT2D eigenvalue weighted by Crippen LogP contribution is 2.33. The third-order valence-corrected chi connectivity index (χ3v) is 4.54. The number of aromatic nitrogens is 4. The van der Waals surface area contributed by atoms with Crippen LogP contribution in [0.3, 0.4) is 0 Å². The van der Waals surface area contributed by atoms with Crippen molar-refractivity contribution >= 4 is 28.1 Å². The molecule has 0 aliphatic rings. The molecule has 11 heteroatoms. The first-order valence-corrected chi connectivity index (χ1v) is 7.39. The highest BCUT2D eigenvalue weighted by molar-refractivity contribution is 8.00. The van der Waals surface area contributed by atoms with Crippen LogP contribution in [0.25, 0.3) is 5.69 Å². The molecule has 0 saturated carbocycles. The van der Waals surface area contributed by atoms with Crippen LogP contribution in [0.15, 0.2) is 44.8 Å². The van der Waals surface area contributed by atoms with Gasteiger partial charge in [-0.2, -0.15) is 0 Å². The molecule has 8 nitrogen and oxygen atoms in total. The van der Waals surface area contributed by atoms with Crippen LogP contribution in [-0.4, -0.2) is 24.7 Å². The molecule has 0 saturated heterocycles. The summed E-state index contributed by atoms with van der Waals surface area (Å²) in [4.78, 5) is 25.8. The number of nitrogens with zero attached hydrogens (tertiary/aromatic N) is 4. The first-order chi connectivity index (χ1) is 10.5. The summed E-state index contributed by atoms with van der Waals surface area (Å²) < 4.78 is 14.6. The van der Waals surface area contributed by atoms with Crippen molar-refractivity contribution in [3.8, 4) is 5.69 Å². The molecule has 112 valence electrons. The fraction of sp³-hybridized carbons (Fsp3) is 0. The SMILES string of the molecule is O=c1[nH]nc(Sc2ncc([N+](=O)[O-])s2)n1-c1ccc(F)cc1. The minimum atomic E-state index is -0.542. The fourth-order valence-corrected chi connectivity index (χ4v) is 3.37. The first kappa shape index (κ1) is 14.4. The lowest BCUT2D eigenvalue weighted by atomic mass is 10.3. The minimum absolute atomic E-state index is 0.103. The van der Waals surface area contributed by atoms with Crippen LogP contribution >= 0.6 is 23.1 Å². The predicted octanol–water partition coefficient (Wildman–Crippen LogP) is 2.22. The van der Waals surface area contributed by atoms with Crippen molar-refractivity contribution < 1.29 is 9.31 Å². The van der Waals surface area contributed by atoms with Gasteiger partial charge in [-0.25, -0.2) is 23.8 Å². The number of nitro groups is 1. The lowest BCUT2D eigenvalue weighted by molar-refractivity contribution is -0.380. The standard InChI is InChI=1S/C11H6FN5O3S2/c12-6-1-3-7(4-2-6)16-9(18)14-15-10(16)22-11-13-5-8(21-11)17(19)20/h1-5H,(H,14,18).